The SMILES string of the molecule is CNCCCCOCCNC(C)(C)I. The fourth-order valence-corrected chi connectivity index (χ4v) is 1.30. The molecule has 0 radical (unpaired) electrons. The summed E-state index contributed by atoms with van der Waals surface area (Å²) in [4.78, 5) is 0. The molecule has 0 aromatic rings. The lowest BCUT2D eigenvalue weighted by Gasteiger charge is -2.18. The standard InChI is InChI=1S/C10H23IN2O/c1-10(2,11)13-7-9-14-8-5-4-6-12-3/h12-13H,4-9H2,1-3H3. The van der Waals surface area contributed by atoms with Gasteiger partial charge in [0.15, 0.2) is 0 Å². The summed E-state index contributed by atoms with van der Waals surface area (Å²) >= 11 is 2.38. The number of hydrogen-bond donors (Lipinski definition) is 2. The average Bonchev–Trinajstić information content (AvgIpc) is 2.08. The Morgan fingerprint density at radius 1 is 1.14 bits per heavy atom. The zero-order valence-electron chi connectivity index (χ0n) is 9.53. The van der Waals surface area contributed by atoms with Gasteiger partial charge in [0.25, 0.3) is 0 Å². The molecule has 0 aliphatic rings. The molecule has 86 valence electrons. The molecule has 0 unspecified atom stereocenters. The summed E-state index contributed by atoms with van der Waals surface area (Å²) in [7, 11) is 1.98. The largest absolute Gasteiger partial charge is 0.380 e. The van der Waals surface area contributed by atoms with Gasteiger partial charge < -0.3 is 15.4 Å². The van der Waals surface area contributed by atoms with Crippen molar-refractivity contribution in [3.63, 3.8) is 0 Å². The van der Waals surface area contributed by atoms with Crippen molar-refractivity contribution < 1.29 is 4.74 Å². The van der Waals surface area contributed by atoms with Crippen LogP contribution in [-0.2, 0) is 4.74 Å². The molecule has 0 saturated carbocycles. The molecule has 4 heteroatoms. The molecule has 0 rings (SSSR count). The van der Waals surface area contributed by atoms with Crippen molar-refractivity contribution in [2.75, 3.05) is 33.4 Å². The van der Waals surface area contributed by atoms with Crippen molar-refractivity contribution in [2.24, 2.45) is 0 Å². The first-order valence-corrected chi connectivity index (χ1v) is 6.30. The quantitative estimate of drug-likeness (QED) is 0.294. The first-order valence-electron chi connectivity index (χ1n) is 5.22. The van der Waals surface area contributed by atoms with Crippen LogP contribution in [0.5, 0.6) is 0 Å². The fraction of sp³-hybridized carbons (Fsp3) is 1.00. The third-order valence-corrected chi connectivity index (χ3v) is 2.14. The van der Waals surface area contributed by atoms with E-state index in [1.807, 2.05) is 7.05 Å². The molecule has 3 nitrogen and oxygen atoms in total. The Morgan fingerprint density at radius 3 is 2.43 bits per heavy atom. The van der Waals surface area contributed by atoms with Crippen molar-refractivity contribution in [3.05, 3.63) is 0 Å². The summed E-state index contributed by atoms with van der Waals surface area (Å²) in [5.74, 6) is 0. The van der Waals surface area contributed by atoms with Crippen LogP contribution in [0.3, 0.4) is 0 Å². The second kappa shape index (κ2) is 8.88. The lowest BCUT2D eigenvalue weighted by Crippen LogP contribution is -2.35. The lowest BCUT2D eigenvalue weighted by molar-refractivity contribution is 0.130. The smallest absolute Gasteiger partial charge is 0.0649 e. The maximum absolute atomic E-state index is 5.48. The van der Waals surface area contributed by atoms with Crippen LogP contribution in [0.2, 0.25) is 0 Å². The van der Waals surface area contributed by atoms with Gasteiger partial charge in [-0.2, -0.15) is 0 Å². The normalized spacial score (nSPS) is 12.0. The van der Waals surface area contributed by atoms with Gasteiger partial charge in [-0.3, -0.25) is 0 Å². The molecule has 0 aromatic heterocycles. The Balaban J connectivity index is 2.99. The van der Waals surface area contributed by atoms with E-state index in [0.29, 0.717) is 0 Å². The first kappa shape index (κ1) is 14.6. The van der Waals surface area contributed by atoms with Crippen LogP contribution in [0.4, 0.5) is 0 Å². The number of ether oxygens (including phenoxy) is 1. The number of rotatable bonds is 9. The monoisotopic (exact) mass is 314 g/mol. The van der Waals surface area contributed by atoms with Crippen LogP contribution >= 0.6 is 22.6 Å². The summed E-state index contributed by atoms with van der Waals surface area (Å²) in [6, 6.07) is 0. The van der Waals surface area contributed by atoms with Crippen LogP contribution in [0.1, 0.15) is 26.7 Å². The maximum Gasteiger partial charge on any atom is 0.0649 e. The summed E-state index contributed by atoms with van der Waals surface area (Å²) in [5, 5.41) is 6.49. The van der Waals surface area contributed by atoms with Crippen molar-refractivity contribution in [3.8, 4) is 0 Å². The molecule has 0 aliphatic carbocycles. The van der Waals surface area contributed by atoms with Gasteiger partial charge in [-0.05, 0) is 40.3 Å². The van der Waals surface area contributed by atoms with Crippen LogP contribution in [-0.4, -0.2) is 36.9 Å². The van der Waals surface area contributed by atoms with Gasteiger partial charge in [0, 0.05) is 13.2 Å². The van der Waals surface area contributed by atoms with Crippen molar-refractivity contribution in [2.45, 2.75) is 30.2 Å². The first-order chi connectivity index (χ1) is 6.56. The highest BCUT2D eigenvalue weighted by Gasteiger charge is 2.09. The topological polar surface area (TPSA) is 33.3 Å². The number of halogens is 1. The molecule has 0 aromatic carbocycles. The number of alkyl halides is 1. The van der Waals surface area contributed by atoms with Gasteiger partial charge in [-0.25, -0.2) is 0 Å². The number of nitrogens with one attached hydrogen (secondary N) is 2. The fourth-order valence-electron chi connectivity index (χ4n) is 1.03. The lowest BCUT2D eigenvalue weighted by atomic mass is 10.3. The molecule has 0 atom stereocenters. The van der Waals surface area contributed by atoms with Crippen LogP contribution < -0.4 is 10.6 Å². The van der Waals surface area contributed by atoms with E-state index in [-0.39, 0.29) is 3.55 Å². The van der Waals surface area contributed by atoms with Crippen molar-refractivity contribution in [1.29, 1.82) is 0 Å². The van der Waals surface area contributed by atoms with Gasteiger partial charge in [-0.1, -0.05) is 22.6 Å². The van der Waals surface area contributed by atoms with Crippen LogP contribution in [0, 0.1) is 0 Å². The zero-order valence-corrected chi connectivity index (χ0v) is 11.7. The minimum atomic E-state index is 0.174. The highest BCUT2D eigenvalue weighted by Crippen LogP contribution is 2.10. The van der Waals surface area contributed by atoms with E-state index in [1.54, 1.807) is 0 Å². The molecular weight excluding hydrogens is 291 g/mol. The predicted molar refractivity (Wildman–Crippen MR) is 70.1 cm³/mol. The van der Waals surface area contributed by atoms with Gasteiger partial charge in [0.1, 0.15) is 0 Å². The van der Waals surface area contributed by atoms with E-state index < -0.39 is 0 Å². The summed E-state index contributed by atoms with van der Waals surface area (Å²) in [5.41, 5.74) is 0. The molecule has 0 heterocycles. The third kappa shape index (κ3) is 12.6. The van der Waals surface area contributed by atoms with Gasteiger partial charge >= 0.3 is 0 Å². The third-order valence-electron chi connectivity index (χ3n) is 1.76. The minimum Gasteiger partial charge on any atom is -0.380 e. The Bertz CT molecular complexity index is 126. The second-order valence-electron chi connectivity index (χ2n) is 3.82. The molecule has 0 bridgehead atoms. The predicted octanol–water partition coefficient (Wildman–Crippen LogP) is 1.76. The van der Waals surface area contributed by atoms with E-state index in [4.69, 9.17) is 4.74 Å². The average molecular weight is 314 g/mol. The highest BCUT2D eigenvalue weighted by molar-refractivity contribution is 14.1. The molecule has 0 aliphatic heterocycles. The van der Waals surface area contributed by atoms with E-state index in [1.165, 1.54) is 6.42 Å². The summed E-state index contributed by atoms with van der Waals surface area (Å²) < 4.78 is 5.66. The Kier molecular flexibility index (Phi) is 9.27. The van der Waals surface area contributed by atoms with Gasteiger partial charge in [-0.15, -0.1) is 0 Å². The van der Waals surface area contributed by atoms with Crippen LogP contribution in [0.25, 0.3) is 0 Å². The van der Waals surface area contributed by atoms with E-state index in [2.05, 4.69) is 47.1 Å². The second-order valence-corrected chi connectivity index (χ2v) is 6.52. The Labute approximate surface area is 101 Å². The molecule has 14 heavy (non-hydrogen) atoms. The molecule has 2 N–H and O–H groups in total. The minimum absolute atomic E-state index is 0.174. The highest BCUT2D eigenvalue weighted by atomic mass is 127. The van der Waals surface area contributed by atoms with E-state index >= 15 is 0 Å². The Morgan fingerprint density at radius 2 is 1.86 bits per heavy atom. The van der Waals surface area contributed by atoms with Gasteiger partial charge in [0.2, 0.25) is 0 Å². The van der Waals surface area contributed by atoms with Crippen molar-refractivity contribution in [1.82, 2.24) is 10.6 Å². The molecule has 0 fully saturated rings. The van der Waals surface area contributed by atoms with E-state index in [0.717, 1.165) is 32.7 Å². The molecule has 0 spiro atoms. The maximum atomic E-state index is 5.48. The van der Waals surface area contributed by atoms with Crippen LogP contribution in [0.15, 0.2) is 0 Å². The molecular formula is C10H23IN2O. The van der Waals surface area contributed by atoms with Gasteiger partial charge in [0.05, 0.1) is 10.2 Å². The summed E-state index contributed by atoms with van der Waals surface area (Å²) in [6.07, 6.45) is 2.34. The zero-order chi connectivity index (χ0) is 10.9. The number of hydrogen-bond acceptors (Lipinski definition) is 3. The number of unbranched alkanes of at least 4 members (excludes halogenated alkanes) is 1. The molecule has 0 saturated heterocycles. The summed E-state index contributed by atoms with van der Waals surface area (Å²) in [6.45, 7) is 8.02. The Hall–Kier alpha value is 0.610. The van der Waals surface area contributed by atoms with Crippen molar-refractivity contribution >= 4 is 22.6 Å². The molecule has 0 amide bonds. The van der Waals surface area contributed by atoms with E-state index in [9.17, 15) is 0 Å².